The molecule has 0 bridgehead atoms. The number of ether oxygens (including phenoxy) is 2. The van der Waals surface area contributed by atoms with Crippen molar-refractivity contribution in [3.63, 3.8) is 0 Å². The van der Waals surface area contributed by atoms with Gasteiger partial charge in [0.15, 0.2) is 6.61 Å². The van der Waals surface area contributed by atoms with E-state index < -0.39 is 12.3 Å². The van der Waals surface area contributed by atoms with Crippen molar-refractivity contribution < 1.29 is 23.9 Å². The summed E-state index contributed by atoms with van der Waals surface area (Å²) in [5.74, 6) is -0.240. The molecule has 1 N–H and O–H groups in total. The third kappa shape index (κ3) is 3.88. The van der Waals surface area contributed by atoms with Crippen LogP contribution >= 0.6 is 15.9 Å². The third-order valence-corrected chi connectivity index (χ3v) is 6.26. The molecule has 1 fully saturated rings. The lowest BCUT2D eigenvalue weighted by molar-refractivity contribution is -0.143. The van der Waals surface area contributed by atoms with Gasteiger partial charge in [0.25, 0.3) is 11.8 Å². The fraction of sp³-hybridized carbons (Fsp3) is 0.375. The number of halogens is 1. The highest BCUT2D eigenvalue weighted by Crippen LogP contribution is 2.47. The molecule has 7 nitrogen and oxygen atoms in total. The predicted octanol–water partition coefficient (Wildman–Crippen LogP) is 4.06. The summed E-state index contributed by atoms with van der Waals surface area (Å²) in [5.41, 5.74) is 2.91. The van der Waals surface area contributed by atoms with E-state index in [2.05, 4.69) is 21.2 Å². The Labute approximate surface area is 195 Å². The molecular weight excluding hydrogens is 476 g/mol. The second-order valence-electron chi connectivity index (χ2n) is 8.24. The molecule has 1 saturated heterocycles. The van der Waals surface area contributed by atoms with E-state index in [-0.39, 0.29) is 30.3 Å². The van der Waals surface area contributed by atoms with Crippen LogP contribution < -0.4 is 10.1 Å². The Morgan fingerprint density at radius 2 is 1.97 bits per heavy atom. The molecule has 2 unspecified atom stereocenters. The first-order valence-electron chi connectivity index (χ1n) is 10.7. The molecule has 4 rings (SSSR count). The molecule has 2 aliphatic rings. The monoisotopic (exact) mass is 500 g/mol. The highest BCUT2D eigenvalue weighted by atomic mass is 79.9. The van der Waals surface area contributed by atoms with Crippen LogP contribution in [-0.4, -0.2) is 41.9 Å². The Morgan fingerprint density at radius 1 is 1.22 bits per heavy atom. The van der Waals surface area contributed by atoms with E-state index in [1.165, 1.54) is 0 Å². The molecule has 0 radical (unpaired) electrons. The molecule has 32 heavy (non-hydrogen) atoms. The Kier molecular flexibility index (Phi) is 6.24. The van der Waals surface area contributed by atoms with Gasteiger partial charge in [-0.1, -0.05) is 39.0 Å². The number of nitrogens with one attached hydrogen (secondary N) is 1. The van der Waals surface area contributed by atoms with Gasteiger partial charge < -0.3 is 14.8 Å². The number of hydrogen-bond acceptors (Lipinski definition) is 5. The van der Waals surface area contributed by atoms with Crippen LogP contribution in [0, 0.1) is 5.92 Å². The van der Waals surface area contributed by atoms with Crippen molar-refractivity contribution >= 4 is 33.7 Å². The van der Waals surface area contributed by atoms with Gasteiger partial charge in [-0.15, -0.1) is 0 Å². The van der Waals surface area contributed by atoms with Gasteiger partial charge in [-0.05, 0) is 57.6 Å². The normalized spacial score (nSPS) is 19.1. The summed E-state index contributed by atoms with van der Waals surface area (Å²) in [4.78, 5) is 38.9. The summed E-state index contributed by atoms with van der Waals surface area (Å²) in [5, 5.41) is 2.77. The van der Waals surface area contributed by atoms with Crippen molar-refractivity contribution in [2.75, 3.05) is 13.2 Å². The molecular formula is C24H25BrN2O5. The zero-order valence-electron chi connectivity index (χ0n) is 18.2. The van der Waals surface area contributed by atoms with Gasteiger partial charge in [0.05, 0.1) is 4.47 Å². The summed E-state index contributed by atoms with van der Waals surface area (Å²) >= 11 is 3.51. The minimum Gasteiger partial charge on any atom is -0.483 e. The maximum absolute atomic E-state index is 13.1. The average molecular weight is 501 g/mol. The Balaban J connectivity index is 1.62. The first-order chi connectivity index (χ1) is 15.3. The van der Waals surface area contributed by atoms with Crippen LogP contribution in [0.5, 0.6) is 5.75 Å². The number of hydrogen-bond donors (Lipinski definition) is 1. The first kappa shape index (κ1) is 22.3. The van der Waals surface area contributed by atoms with Crippen LogP contribution in [0.1, 0.15) is 49.3 Å². The summed E-state index contributed by atoms with van der Waals surface area (Å²) in [7, 11) is 0. The molecule has 0 aromatic heterocycles. The minimum atomic E-state index is -0.717. The van der Waals surface area contributed by atoms with E-state index in [4.69, 9.17) is 9.47 Å². The predicted molar refractivity (Wildman–Crippen MR) is 122 cm³/mol. The van der Waals surface area contributed by atoms with Crippen molar-refractivity contribution in [3.8, 4) is 16.9 Å². The highest BCUT2D eigenvalue weighted by Gasteiger charge is 2.53. The van der Waals surface area contributed by atoms with E-state index in [1.807, 2.05) is 45.0 Å². The zero-order chi connectivity index (χ0) is 23.0. The number of nitrogens with zero attached hydrogens (tertiary/aromatic N) is 1. The van der Waals surface area contributed by atoms with Gasteiger partial charge in [0.1, 0.15) is 11.8 Å². The Bertz CT molecular complexity index is 1080. The second kappa shape index (κ2) is 8.94. The van der Waals surface area contributed by atoms with E-state index in [9.17, 15) is 14.4 Å². The topological polar surface area (TPSA) is 84.9 Å². The summed E-state index contributed by atoms with van der Waals surface area (Å²) in [6, 6.07) is 10.4. The number of carbonyl (C=O) groups is 3. The summed E-state index contributed by atoms with van der Waals surface area (Å²) in [6.07, 6.45) is 0.144. The molecule has 2 aromatic carbocycles. The van der Waals surface area contributed by atoms with E-state index in [0.29, 0.717) is 27.9 Å². The van der Waals surface area contributed by atoms with Crippen molar-refractivity contribution in [2.45, 2.75) is 39.5 Å². The van der Waals surface area contributed by atoms with E-state index in [1.54, 1.807) is 17.0 Å². The van der Waals surface area contributed by atoms with Gasteiger partial charge in [0.2, 0.25) is 6.23 Å². The van der Waals surface area contributed by atoms with Crippen LogP contribution in [0.2, 0.25) is 0 Å². The summed E-state index contributed by atoms with van der Waals surface area (Å²) < 4.78 is 12.0. The molecule has 0 spiro atoms. The van der Waals surface area contributed by atoms with Crippen molar-refractivity contribution in [1.82, 2.24) is 10.2 Å². The average Bonchev–Trinajstić information content (AvgIpc) is 3.24. The Hall–Kier alpha value is -2.87. The number of esters is 1. The molecule has 2 aliphatic heterocycles. The van der Waals surface area contributed by atoms with Crippen LogP contribution in [0.4, 0.5) is 0 Å². The number of carbonyl (C=O) groups excluding carboxylic acids is 3. The van der Waals surface area contributed by atoms with Crippen molar-refractivity contribution in [3.05, 3.63) is 52.0 Å². The van der Waals surface area contributed by atoms with Crippen molar-refractivity contribution in [2.24, 2.45) is 5.92 Å². The molecule has 0 aliphatic carbocycles. The number of amides is 2. The molecule has 2 heterocycles. The number of rotatable bonds is 7. The van der Waals surface area contributed by atoms with Crippen LogP contribution in [0.3, 0.4) is 0 Å². The fourth-order valence-electron chi connectivity index (χ4n) is 4.17. The number of fused-ring (bicyclic) bond motifs is 3. The lowest BCUT2D eigenvalue weighted by Gasteiger charge is -2.22. The molecule has 2 amide bonds. The summed E-state index contributed by atoms with van der Waals surface area (Å²) in [6.45, 7) is 6.34. The maximum Gasteiger partial charge on any atom is 0.331 e. The lowest BCUT2D eigenvalue weighted by atomic mass is 9.96. The quantitative estimate of drug-likeness (QED) is 0.579. The Morgan fingerprint density at radius 3 is 2.66 bits per heavy atom. The molecule has 2 aromatic rings. The fourth-order valence-corrected chi connectivity index (χ4v) is 4.67. The van der Waals surface area contributed by atoms with Crippen molar-refractivity contribution in [1.29, 1.82) is 0 Å². The van der Waals surface area contributed by atoms with Gasteiger partial charge in [0, 0.05) is 17.7 Å². The minimum absolute atomic E-state index is 0.0469. The van der Waals surface area contributed by atoms with Gasteiger partial charge >= 0.3 is 5.97 Å². The largest absolute Gasteiger partial charge is 0.483 e. The smallest absolute Gasteiger partial charge is 0.331 e. The maximum atomic E-state index is 13.1. The second-order valence-corrected chi connectivity index (χ2v) is 9.10. The SMILES string of the molecule is CCCNC(=O)COc1ccc(-c2cccc3c2C2OC(=O)C(C(C)C)N2C3=O)cc1Br. The van der Waals surface area contributed by atoms with Crippen LogP contribution in [0.15, 0.2) is 40.9 Å². The van der Waals surface area contributed by atoms with Gasteiger partial charge in [-0.25, -0.2) is 4.79 Å². The van der Waals surface area contributed by atoms with E-state index >= 15 is 0 Å². The molecule has 2 atom stereocenters. The molecule has 8 heteroatoms. The molecule has 168 valence electrons. The van der Waals surface area contributed by atoms with Gasteiger partial charge in [-0.2, -0.15) is 0 Å². The molecule has 0 saturated carbocycles. The third-order valence-electron chi connectivity index (χ3n) is 5.64. The van der Waals surface area contributed by atoms with E-state index in [0.717, 1.165) is 17.5 Å². The van der Waals surface area contributed by atoms with Gasteiger partial charge in [-0.3, -0.25) is 14.5 Å². The number of benzene rings is 2. The standard InChI is InChI=1S/C24H25BrN2O5/c1-4-10-26-19(28)12-31-18-9-8-14(11-17(18)25)15-6-5-7-16-20(15)23-27(22(16)29)21(13(2)3)24(30)32-23/h5-9,11,13,21,23H,4,10,12H2,1-3H3,(H,26,28). The van der Waals surface area contributed by atoms with Crippen LogP contribution in [-0.2, 0) is 14.3 Å². The highest BCUT2D eigenvalue weighted by molar-refractivity contribution is 9.10. The van der Waals surface area contributed by atoms with Crippen LogP contribution in [0.25, 0.3) is 11.1 Å². The first-order valence-corrected chi connectivity index (χ1v) is 11.5. The zero-order valence-corrected chi connectivity index (χ0v) is 19.8. The lowest BCUT2D eigenvalue weighted by Crippen LogP contribution is -2.39.